The SMILES string of the molecule is CC1CCN(C(=O)c2ccc3c(c2)c2c(n3S(=O)(=O)C(C)C)CCN(C(=O)OC(C)(C)C)C2)CC1. The molecule has 1 fully saturated rings. The largest absolute Gasteiger partial charge is 0.444 e. The Morgan fingerprint density at radius 1 is 1.06 bits per heavy atom. The van der Waals surface area contributed by atoms with Gasteiger partial charge in [0, 0.05) is 48.3 Å². The van der Waals surface area contributed by atoms with Crippen LogP contribution in [0.1, 0.15) is 76.0 Å². The van der Waals surface area contributed by atoms with Crippen LogP contribution in [-0.2, 0) is 27.7 Å². The molecule has 0 spiro atoms. The highest BCUT2D eigenvalue weighted by Crippen LogP contribution is 2.35. The standard InChI is InChI=1S/C26H37N3O5S/c1-17(2)35(32,33)29-22-8-7-19(24(30)27-12-9-18(3)10-13-27)15-20(22)21-16-28(14-11-23(21)29)25(31)34-26(4,5)6/h7-8,15,17-18H,9-14,16H2,1-6H3. The Morgan fingerprint density at radius 3 is 2.31 bits per heavy atom. The van der Waals surface area contributed by atoms with Crippen LogP contribution >= 0.6 is 0 Å². The van der Waals surface area contributed by atoms with Crippen molar-refractivity contribution in [1.29, 1.82) is 0 Å². The molecule has 35 heavy (non-hydrogen) atoms. The fourth-order valence-corrected chi connectivity index (χ4v) is 6.19. The molecule has 2 aromatic rings. The molecule has 8 nitrogen and oxygen atoms in total. The van der Waals surface area contributed by atoms with E-state index in [4.69, 9.17) is 4.74 Å². The number of benzene rings is 1. The second kappa shape index (κ2) is 9.15. The Balaban J connectivity index is 1.79. The number of hydrogen-bond donors (Lipinski definition) is 0. The van der Waals surface area contributed by atoms with Crippen LogP contribution in [0.15, 0.2) is 18.2 Å². The molecule has 0 aliphatic carbocycles. The number of carbonyl (C=O) groups excluding carboxylic acids is 2. The molecule has 0 radical (unpaired) electrons. The summed E-state index contributed by atoms with van der Waals surface area (Å²) < 4.78 is 33.7. The van der Waals surface area contributed by atoms with Gasteiger partial charge in [-0.3, -0.25) is 4.79 Å². The summed E-state index contributed by atoms with van der Waals surface area (Å²) in [5.74, 6) is 0.578. The van der Waals surface area contributed by atoms with E-state index in [1.807, 2.05) is 25.7 Å². The van der Waals surface area contributed by atoms with Gasteiger partial charge < -0.3 is 14.5 Å². The monoisotopic (exact) mass is 503 g/mol. The summed E-state index contributed by atoms with van der Waals surface area (Å²) in [7, 11) is -3.64. The molecule has 2 aliphatic rings. The van der Waals surface area contributed by atoms with Crippen molar-refractivity contribution in [3.8, 4) is 0 Å². The summed E-state index contributed by atoms with van der Waals surface area (Å²) in [5.41, 5.74) is 1.92. The first-order valence-corrected chi connectivity index (χ1v) is 14.0. The van der Waals surface area contributed by atoms with E-state index in [0.717, 1.165) is 31.5 Å². The zero-order valence-corrected chi connectivity index (χ0v) is 22.4. The molecule has 2 aliphatic heterocycles. The van der Waals surface area contributed by atoms with Crippen LogP contribution in [-0.4, -0.2) is 64.7 Å². The van der Waals surface area contributed by atoms with Gasteiger partial charge in [-0.05, 0) is 71.6 Å². The van der Waals surface area contributed by atoms with E-state index in [0.29, 0.717) is 41.0 Å². The van der Waals surface area contributed by atoms with Crippen molar-refractivity contribution in [3.05, 3.63) is 35.0 Å². The van der Waals surface area contributed by atoms with Gasteiger partial charge in [0.1, 0.15) is 5.60 Å². The van der Waals surface area contributed by atoms with E-state index in [1.54, 1.807) is 36.9 Å². The van der Waals surface area contributed by atoms with Crippen molar-refractivity contribution in [1.82, 2.24) is 13.8 Å². The molecule has 1 saturated heterocycles. The van der Waals surface area contributed by atoms with Crippen molar-refractivity contribution >= 4 is 32.9 Å². The lowest BCUT2D eigenvalue weighted by Gasteiger charge is -2.31. The van der Waals surface area contributed by atoms with E-state index in [2.05, 4.69) is 6.92 Å². The number of ether oxygens (including phenoxy) is 1. The average molecular weight is 504 g/mol. The third-order valence-corrected chi connectivity index (χ3v) is 9.04. The van der Waals surface area contributed by atoms with Crippen LogP contribution in [0.2, 0.25) is 0 Å². The van der Waals surface area contributed by atoms with Crippen molar-refractivity contribution < 1.29 is 22.7 Å². The summed E-state index contributed by atoms with van der Waals surface area (Å²) in [6.07, 6.45) is 1.93. The zero-order chi connectivity index (χ0) is 25.7. The Labute approximate surface area is 208 Å². The van der Waals surface area contributed by atoms with Crippen LogP contribution < -0.4 is 0 Å². The maximum atomic E-state index is 13.4. The first-order chi connectivity index (χ1) is 16.3. The van der Waals surface area contributed by atoms with Gasteiger partial charge in [0.15, 0.2) is 0 Å². The summed E-state index contributed by atoms with van der Waals surface area (Å²) in [6, 6.07) is 5.27. The van der Waals surface area contributed by atoms with Gasteiger partial charge in [-0.15, -0.1) is 0 Å². The molecule has 0 atom stereocenters. The number of carbonyl (C=O) groups is 2. The smallest absolute Gasteiger partial charge is 0.410 e. The van der Waals surface area contributed by atoms with Gasteiger partial charge in [-0.25, -0.2) is 17.2 Å². The number of fused-ring (bicyclic) bond motifs is 3. The van der Waals surface area contributed by atoms with Crippen molar-refractivity contribution in [2.45, 2.75) is 78.2 Å². The second-order valence-corrected chi connectivity index (χ2v) is 13.5. The molecule has 2 amide bonds. The van der Waals surface area contributed by atoms with Gasteiger partial charge in [-0.2, -0.15) is 0 Å². The molecule has 9 heteroatoms. The van der Waals surface area contributed by atoms with Gasteiger partial charge in [0.2, 0.25) is 10.0 Å². The molecule has 0 N–H and O–H groups in total. The molecule has 4 rings (SSSR count). The van der Waals surface area contributed by atoms with Gasteiger partial charge in [0.25, 0.3) is 5.91 Å². The van der Waals surface area contributed by atoms with E-state index in [9.17, 15) is 18.0 Å². The molecule has 3 heterocycles. The number of aromatic nitrogens is 1. The van der Waals surface area contributed by atoms with Crippen LogP contribution in [0, 0.1) is 5.92 Å². The van der Waals surface area contributed by atoms with E-state index < -0.39 is 27.0 Å². The molecular weight excluding hydrogens is 466 g/mol. The molecule has 192 valence electrons. The van der Waals surface area contributed by atoms with E-state index in [-0.39, 0.29) is 12.5 Å². The summed E-state index contributed by atoms with van der Waals surface area (Å²) in [6.45, 7) is 13.0. The minimum absolute atomic E-state index is 0.0353. The Kier molecular flexibility index (Phi) is 6.68. The number of amides is 2. The molecule has 0 bridgehead atoms. The lowest BCUT2D eigenvalue weighted by Crippen LogP contribution is -2.40. The molecule has 0 unspecified atom stereocenters. The topological polar surface area (TPSA) is 88.9 Å². The van der Waals surface area contributed by atoms with Crippen LogP contribution in [0.25, 0.3) is 10.9 Å². The summed E-state index contributed by atoms with van der Waals surface area (Å²) in [5, 5.41) is 0.0939. The fourth-order valence-electron chi connectivity index (χ4n) is 4.83. The molecule has 1 aromatic carbocycles. The number of rotatable bonds is 3. The third kappa shape index (κ3) is 4.92. The van der Waals surface area contributed by atoms with Crippen molar-refractivity contribution in [2.75, 3.05) is 19.6 Å². The third-order valence-electron chi connectivity index (χ3n) is 6.92. The van der Waals surface area contributed by atoms with Gasteiger partial charge in [0.05, 0.1) is 17.3 Å². The number of piperidine rings is 1. The Bertz CT molecular complexity index is 1250. The summed E-state index contributed by atoms with van der Waals surface area (Å²) >= 11 is 0. The highest BCUT2D eigenvalue weighted by Gasteiger charge is 2.34. The lowest BCUT2D eigenvalue weighted by molar-refractivity contribution is 0.0224. The molecule has 0 saturated carbocycles. The van der Waals surface area contributed by atoms with E-state index >= 15 is 0 Å². The highest BCUT2D eigenvalue weighted by atomic mass is 32.2. The Morgan fingerprint density at radius 2 is 1.71 bits per heavy atom. The Hall–Kier alpha value is -2.55. The average Bonchev–Trinajstić information content (AvgIpc) is 3.11. The van der Waals surface area contributed by atoms with Crippen molar-refractivity contribution in [2.24, 2.45) is 5.92 Å². The van der Waals surface area contributed by atoms with Crippen LogP contribution in [0.5, 0.6) is 0 Å². The number of likely N-dealkylation sites (tertiary alicyclic amines) is 1. The van der Waals surface area contributed by atoms with Crippen molar-refractivity contribution in [3.63, 3.8) is 0 Å². The number of hydrogen-bond acceptors (Lipinski definition) is 5. The predicted octanol–water partition coefficient (Wildman–Crippen LogP) is 4.39. The van der Waals surface area contributed by atoms with Gasteiger partial charge >= 0.3 is 6.09 Å². The number of nitrogens with zero attached hydrogens (tertiary/aromatic N) is 3. The second-order valence-electron chi connectivity index (χ2n) is 11.1. The molecular formula is C26H37N3O5S. The predicted molar refractivity (Wildman–Crippen MR) is 136 cm³/mol. The first kappa shape index (κ1) is 25.5. The van der Waals surface area contributed by atoms with Crippen LogP contribution in [0.3, 0.4) is 0 Å². The van der Waals surface area contributed by atoms with Crippen LogP contribution in [0.4, 0.5) is 4.79 Å². The fraction of sp³-hybridized carbons (Fsp3) is 0.615. The summed E-state index contributed by atoms with van der Waals surface area (Å²) in [4.78, 5) is 29.6. The zero-order valence-electron chi connectivity index (χ0n) is 21.6. The maximum absolute atomic E-state index is 13.4. The molecule has 1 aromatic heterocycles. The van der Waals surface area contributed by atoms with Gasteiger partial charge in [-0.1, -0.05) is 6.92 Å². The highest BCUT2D eigenvalue weighted by molar-refractivity contribution is 7.90. The van der Waals surface area contributed by atoms with E-state index in [1.165, 1.54) is 3.97 Å². The minimum Gasteiger partial charge on any atom is -0.444 e. The minimum atomic E-state index is -3.64. The first-order valence-electron chi connectivity index (χ1n) is 12.5. The maximum Gasteiger partial charge on any atom is 0.410 e. The normalized spacial score (nSPS) is 17.7. The lowest BCUT2D eigenvalue weighted by atomic mass is 9.98. The quantitative estimate of drug-likeness (QED) is 0.620.